The van der Waals surface area contributed by atoms with Crippen LogP contribution in [0.1, 0.15) is 27.8 Å². The van der Waals surface area contributed by atoms with Crippen molar-refractivity contribution in [2.45, 2.75) is 11.3 Å². The second-order valence-electron chi connectivity index (χ2n) is 15.9. The molecule has 10 heteroatoms. The maximum absolute atomic E-state index is 15.0. The Labute approximate surface area is 376 Å². The highest BCUT2D eigenvalue weighted by Crippen LogP contribution is 2.57. The van der Waals surface area contributed by atoms with E-state index in [1.807, 2.05) is 36.4 Å². The van der Waals surface area contributed by atoms with Crippen LogP contribution in [0.25, 0.3) is 54.9 Å². The van der Waals surface area contributed by atoms with Crippen molar-refractivity contribution in [3.63, 3.8) is 0 Å². The van der Waals surface area contributed by atoms with E-state index in [2.05, 4.69) is 177 Å². The van der Waals surface area contributed by atoms with E-state index in [1.54, 1.807) is 0 Å². The van der Waals surface area contributed by atoms with Crippen LogP contribution in [0, 0.1) is 0 Å². The fraction of sp³-hybridized carbons (Fsp3) is 0.0400. The second kappa shape index (κ2) is 12.1. The summed E-state index contributed by atoms with van der Waals surface area (Å²) in [5.41, 5.74) is 10.4. The predicted molar refractivity (Wildman–Crippen MR) is 254 cm³/mol. The number of hydrogen-bond acceptors (Lipinski definition) is 6. The maximum Gasteiger partial charge on any atom is 0.201 e. The minimum atomic E-state index is -0.993. The molecule has 0 atom stereocenters. The van der Waals surface area contributed by atoms with Gasteiger partial charge in [0, 0.05) is 73.1 Å². The van der Waals surface area contributed by atoms with E-state index in [4.69, 9.17) is 4.99 Å². The number of carbonyl (C=O) groups excluding carboxylic acids is 1. The number of anilines is 3. The average Bonchev–Trinajstić information content (AvgIpc) is 3.63. The minimum Gasteiger partial charge on any atom is -0.506 e. The van der Waals surface area contributed by atoms with Crippen molar-refractivity contribution in [2.75, 3.05) is 16.0 Å². The lowest BCUT2D eigenvalue weighted by atomic mass is 9.79. The number of nitrogens with zero attached hydrogens (tertiary/aromatic N) is 1. The number of ketones is 1. The fourth-order valence-electron chi connectivity index (χ4n) is 10.4. The molecular formula is C50H26Br4N4O2. The molecule has 0 aromatic heterocycles. The van der Waals surface area contributed by atoms with Gasteiger partial charge < -0.3 is 21.1 Å². The molecule has 0 radical (unpaired) electrons. The molecule has 6 nitrogen and oxygen atoms in total. The lowest BCUT2D eigenvalue weighted by Crippen LogP contribution is -2.45. The van der Waals surface area contributed by atoms with Crippen LogP contribution in [0.4, 0.5) is 17.1 Å². The van der Waals surface area contributed by atoms with E-state index in [-0.39, 0.29) is 22.7 Å². The van der Waals surface area contributed by atoms with E-state index in [9.17, 15) is 5.11 Å². The summed E-state index contributed by atoms with van der Waals surface area (Å²) in [5, 5.41) is 29.2. The molecule has 0 saturated carbocycles. The van der Waals surface area contributed by atoms with E-state index >= 15 is 4.79 Å². The molecule has 4 N–H and O–H groups in total. The third kappa shape index (κ3) is 4.47. The summed E-state index contributed by atoms with van der Waals surface area (Å²) in [6.45, 7) is 0. The van der Waals surface area contributed by atoms with Gasteiger partial charge in [0.1, 0.15) is 5.76 Å². The predicted octanol–water partition coefficient (Wildman–Crippen LogP) is 12.4. The maximum atomic E-state index is 15.0. The van der Waals surface area contributed by atoms with Gasteiger partial charge in [-0.05, 0) is 93.7 Å². The molecule has 60 heavy (non-hydrogen) atoms. The van der Waals surface area contributed by atoms with Gasteiger partial charge in [0.2, 0.25) is 5.78 Å². The fourth-order valence-corrected chi connectivity index (χ4v) is 11.8. The number of aliphatic hydroxyl groups excluding tert-OH is 1. The van der Waals surface area contributed by atoms with Crippen molar-refractivity contribution in [1.29, 1.82) is 0 Å². The summed E-state index contributed by atoms with van der Waals surface area (Å²) in [6, 6.07) is 45.6. The molecule has 8 aromatic rings. The molecule has 5 aliphatic rings. The van der Waals surface area contributed by atoms with Crippen LogP contribution in [-0.4, -0.2) is 10.9 Å². The largest absolute Gasteiger partial charge is 0.506 e. The zero-order valence-electron chi connectivity index (χ0n) is 31.0. The van der Waals surface area contributed by atoms with Crippen molar-refractivity contribution in [3.8, 4) is 22.3 Å². The number of halogens is 4. The normalized spacial score (nSPS) is 17.4. The first kappa shape index (κ1) is 35.3. The molecule has 286 valence electrons. The summed E-state index contributed by atoms with van der Waals surface area (Å²) in [6.07, 6.45) is 0. The number of aliphatic hydroxyl groups is 1. The van der Waals surface area contributed by atoms with Crippen LogP contribution >= 0.6 is 63.7 Å². The van der Waals surface area contributed by atoms with E-state index in [0.29, 0.717) is 16.1 Å². The van der Waals surface area contributed by atoms with Gasteiger partial charge in [0.25, 0.3) is 0 Å². The van der Waals surface area contributed by atoms with Gasteiger partial charge in [0.15, 0.2) is 11.3 Å². The number of nitrogens with one attached hydrogen (secondary N) is 3. The monoisotopic (exact) mass is 1030 g/mol. The Morgan fingerprint density at radius 1 is 0.500 bits per heavy atom. The molecule has 0 amide bonds. The van der Waals surface area contributed by atoms with Crippen molar-refractivity contribution in [1.82, 2.24) is 0 Å². The Kier molecular flexibility index (Phi) is 7.09. The lowest BCUT2D eigenvalue weighted by Gasteiger charge is -2.41. The van der Waals surface area contributed by atoms with Crippen molar-refractivity contribution in [3.05, 3.63) is 196 Å². The van der Waals surface area contributed by atoms with E-state index in [0.717, 1.165) is 101 Å². The highest BCUT2D eigenvalue weighted by molar-refractivity contribution is 9.11. The Balaban J connectivity index is 1.06. The summed E-state index contributed by atoms with van der Waals surface area (Å²) in [7, 11) is 0. The number of hydrogen-bond donors (Lipinski definition) is 4. The van der Waals surface area contributed by atoms with Crippen molar-refractivity contribution < 1.29 is 9.90 Å². The van der Waals surface area contributed by atoms with Gasteiger partial charge in [-0.15, -0.1) is 0 Å². The molecule has 0 unspecified atom stereocenters. The van der Waals surface area contributed by atoms with Gasteiger partial charge in [0.05, 0.1) is 22.2 Å². The number of allylic oxidation sites excluding steroid dienone is 2. The number of benzene rings is 8. The van der Waals surface area contributed by atoms with Crippen LogP contribution < -0.4 is 26.5 Å². The zero-order chi connectivity index (χ0) is 40.4. The van der Waals surface area contributed by atoms with Crippen LogP contribution in [0.2, 0.25) is 0 Å². The summed E-state index contributed by atoms with van der Waals surface area (Å²) in [4.78, 5) is 20.6. The molecule has 0 bridgehead atoms. The molecule has 0 saturated heterocycles. The minimum absolute atomic E-state index is 0.0475. The quantitative estimate of drug-likeness (QED) is 0.132. The third-order valence-corrected chi connectivity index (χ3v) is 14.8. The van der Waals surface area contributed by atoms with Crippen LogP contribution in [0.5, 0.6) is 0 Å². The first-order chi connectivity index (χ1) is 29.1. The van der Waals surface area contributed by atoms with Crippen LogP contribution in [-0.2, 0) is 16.1 Å². The van der Waals surface area contributed by atoms with Crippen molar-refractivity contribution in [2.24, 2.45) is 4.99 Å². The first-order valence-electron chi connectivity index (χ1n) is 19.4. The first-order valence-corrected chi connectivity index (χ1v) is 22.6. The van der Waals surface area contributed by atoms with Gasteiger partial charge in [-0.2, -0.15) is 0 Å². The summed E-state index contributed by atoms with van der Waals surface area (Å²) in [5.74, 6) is -0.282. The molecule has 2 spiro atoms. The Bertz CT molecular complexity index is 3480. The highest BCUT2D eigenvalue weighted by Gasteiger charge is 2.49. The van der Waals surface area contributed by atoms with Crippen LogP contribution in [0.3, 0.4) is 0 Å². The topological polar surface area (TPSA) is 85.8 Å². The van der Waals surface area contributed by atoms with E-state index < -0.39 is 11.3 Å². The Morgan fingerprint density at radius 3 is 1.58 bits per heavy atom. The summed E-state index contributed by atoms with van der Waals surface area (Å²) < 4.78 is 3.79. The zero-order valence-corrected chi connectivity index (χ0v) is 37.4. The molecule has 13 rings (SSSR count). The number of fused-ring (bicyclic) bond motifs is 10. The number of rotatable bonds is 1. The molecular weight excluding hydrogens is 1010 g/mol. The van der Waals surface area contributed by atoms with Crippen molar-refractivity contribution >= 4 is 119 Å². The molecule has 8 aromatic carbocycles. The standard InChI is InChI=1S/C50H26Br4N4O2/c51-25-9-15-29-30-16-10-26(52)20-36(30)49(35(29)19-25)55-39-5-1-3-23-7-13-33(45(57-49)41(23)39)43-47(59)44(48(43)60)34-14-8-24-4-2-6-40-42(24)46(34)58-50(56-40)37-21-27(53)11-17-31(37)32-18-12-28(54)22-38(32)50/h1-22,55-57,59H/b44-34-. The van der Waals surface area contributed by atoms with Gasteiger partial charge in [-0.25, -0.2) is 4.99 Å². The van der Waals surface area contributed by atoms with Crippen LogP contribution in [0.15, 0.2) is 162 Å². The van der Waals surface area contributed by atoms with Gasteiger partial charge in [-0.3, -0.25) is 4.79 Å². The Hall–Kier alpha value is -5.52. The van der Waals surface area contributed by atoms with E-state index in [1.165, 1.54) is 0 Å². The molecule has 2 aliphatic heterocycles. The Morgan fingerprint density at radius 2 is 1.00 bits per heavy atom. The molecule has 3 aliphatic carbocycles. The summed E-state index contributed by atoms with van der Waals surface area (Å²) >= 11 is 15.0. The lowest BCUT2D eigenvalue weighted by molar-refractivity contribution is -0.109. The second-order valence-corrected chi connectivity index (χ2v) is 19.6. The average molecular weight is 1030 g/mol. The van der Waals surface area contributed by atoms with Gasteiger partial charge >= 0.3 is 0 Å². The highest BCUT2D eigenvalue weighted by atomic mass is 79.9. The molecule has 2 heterocycles. The molecule has 0 fully saturated rings. The SMILES string of the molecule is O=C1C(c2ccc3cccc4c3c2NC2(N4)c3cc(Br)ccc3-c3ccc(Br)cc32)=C(O)/C1=c1\ccc2cccc3c2c1=NC1(N3)c2cc(Br)ccc2-c2ccc(Br)cc21. The smallest absolute Gasteiger partial charge is 0.201 e. The number of carbonyl (C=O) groups is 1. The third-order valence-electron chi connectivity index (χ3n) is 12.9. The number of Topliss-reactive ketones (excluding diaryl/α,β-unsaturated/α-hetero) is 1. The van der Waals surface area contributed by atoms with Gasteiger partial charge in [-0.1, -0.05) is 137 Å².